The lowest BCUT2D eigenvalue weighted by atomic mass is 11.2. The molecule has 28 valence electrons. The average Bonchev–Trinajstić information content (AvgIpc) is 0.811. The van der Waals surface area contributed by atoms with E-state index in [1.54, 1.807) is 0 Å². The minimum Gasteiger partial charge on any atom is -0.352 e. The molecule has 0 rings (SSSR count). The molecule has 0 saturated carbocycles. The summed E-state index contributed by atoms with van der Waals surface area (Å²) in [5, 5.41) is 0. The zero-order valence-electron chi connectivity index (χ0n) is 2.06. The summed E-state index contributed by atoms with van der Waals surface area (Å²) in [5.74, 6) is 0. The number of primary amides is 2. The van der Waals surface area contributed by atoms with E-state index in [-0.39, 0.29) is 23.1 Å². The van der Waals surface area contributed by atoms with Gasteiger partial charge in [-0.05, 0) is 0 Å². The largest absolute Gasteiger partial charge is 0.352 e. The van der Waals surface area contributed by atoms with Crippen LogP contribution in [0.4, 0.5) is 4.79 Å². The Bertz CT molecular complexity index is 32.6. The molecule has 0 spiro atoms. The second-order valence-corrected chi connectivity index (χ2v) is 0.402. The Labute approximate surface area is 45.9 Å². The molecule has 0 fully saturated rings. The third-order valence-corrected chi connectivity index (χ3v) is 0. The highest BCUT2D eigenvalue weighted by molar-refractivity contribution is 5.75. The molecular formula is CH6MgN2O. The maximum absolute atomic E-state index is 9.00. The normalized spacial score (nSPS) is 4.80. The molecule has 3 nitrogen and oxygen atoms in total. The summed E-state index contributed by atoms with van der Waals surface area (Å²) >= 11 is 0. The predicted octanol–water partition coefficient (Wildman–Crippen LogP) is -1.89. The van der Waals surface area contributed by atoms with E-state index in [2.05, 4.69) is 11.5 Å². The zero-order chi connectivity index (χ0) is 3.58. The Balaban J connectivity index is 0. The van der Waals surface area contributed by atoms with Gasteiger partial charge in [0, 0.05) is 0 Å². The summed E-state index contributed by atoms with van der Waals surface area (Å²) in [5.41, 5.74) is 8.50. The van der Waals surface area contributed by atoms with E-state index in [1.165, 1.54) is 0 Å². The van der Waals surface area contributed by atoms with Gasteiger partial charge in [-0.25, -0.2) is 4.79 Å². The molecule has 0 aromatic heterocycles. The van der Waals surface area contributed by atoms with Crippen LogP contribution in [0.1, 0.15) is 0 Å². The molecule has 0 aliphatic heterocycles. The van der Waals surface area contributed by atoms with Crippen LogP contribution >= 0.6 is 0 Å². The van der Waals surface area contributed by atoms with Crippen LogP contribution in [0, 0.1) is 0 Å². The van der Waals surface area contributed by atoms with E-state index >= 15 is 0 Å². The molecular weight excluding hydrogens is 80.3 g/mol. The summed E-state index contributed by atoms with van der Waals surface area (Å²) in [7, 11) is 0. The Kier molecular flexibility index (Phi) is 7.18. The Morgan fingerprint density at radius 3 is 1.40 bits per heavy atom. The van der Waals surface area contributed by atoms with E-state index in [1.807, 2.05) is 0 Å². The molecule has 4 N–H and O–H groups in total. The first-order valence-corrected chi connectivity index (χ1v) is 0.781. The number of carbonyl (C=O) groups excluding carboxylic acids is 1. The van der Waals surface area contributed by atoms with E-state index < -0.39 is 6.03 Å². The molecule has 0 aliphatic carbocycles. The van der Waals surface area contributed by atoms with Crippen molar-refractivity contribution in [3.05, 3.63) is 0 Å². The Morgan fingerprint density at radius 1 is 1.40 bits per heavy atom. The summed E-state index contributed by atoms with van der Waals surface area (Å²) < 4.78 is 0. The summed E-state index contributed by atoms with van der Waals surface area (Å²) in [4.78, 5) is 9.00. The third kappa shape index (κ3) is 12700. The van der Waals surface area contributed by atoms with Crippen LogP contribution in [-0.2, 0) is 0 Å². The first-order chi connectivity index (χ1) is 1.73. The topological polar surface area (TPSA) is 69.1 Å². The van der Waals surface area contributed by atoms with Crippen LogP contribution in [-0.4, -0.2) is 29.1 Å². The van der Waals surface area contributed by atoms with Crippen molar-refractivity contribution in [2.24, 2.45) is 11.5 Å². The van der Waals surface area contributed by atoms with Crippen molar-refractivity contribution in [3.63, 3.8) is 0 Å². The lowest BCUT2D eigenvalue weighted by Gasteiger charge is -1.62. The quantitative estimate of drug-likeness (QED) is 0.333. The van der Waals surface area contributed by atoms with E-state index in [0.29, 0.717) is 0 Å². The van der Waals surface area contributed by atoms with E-state index in [9.17, 15) is 0 Å². The number of hydrogen-bond donors (Lipinski definition) is 2. The summed E-state index contributed by atoms with van der Waals surface area (Å²) in [6.07, 6.45) is 0. The number of hydrogen-bond acceptors (Lipinski definition) is 1. The van der Waals surface area contributed by atoms with Crippen molar-refractivity contribution in [3.8, 4) is 0 Å². The van der Waals surface area contributed by atoms with Gasteiger partial charge < -0.3 is 11.5 Å². The molecule has 0 saturated heterocycles. The summed E-state index contributed by atoms with van der Waals surface area (Å²) in [6.45, 7) is 0. The molecule has 0 aromatic rings. The number of urea groups is 1. The van der Waals surface area contributed by atoms with Crippen molar-refractivity contribution in [1.82, 2.24) is 0 Å². The lowest BCUT2D eigenvalue weighted by molar-refractivity contribution is 0.256. The molecule has 2 amide bonds. The van der Waals surface area contributed by atoms with Crippen molar-refractivity contribution in [2.45, 2.75) is 0 Å². The maximum Gasteiger partial charge on any atom is 0.316 e. The van der Waals surface area contributed by atoms with Gasteiger partial charge in [0.2, 0.25) is 0 Å². The van der Waals surface area contributed by atoms with E-state index in [4.69, 9.17) is 4.79 Å². The van der Waals surface area contributed by atoms with Crippen molar-refractivity contribution in [2.75, 3.05) is 0 Å². The highest BCUT2D eigenvalue weighted by Gasteiger charge is 1.60. The Hall–Kier alpha value is 0.0362. The maximum atomic E-state index is 9.00. The molecule has 0 aliphatic rings. The van der Waals surface area contributed by atoms with Crippen LogP contribution in [0.2, 0.25) is 0 Å². The van der Waals surface area contributed by atoms with Gasteiger partial charge in [0.05, 0.1) is 0 Å². The van der Waals surface area contributed by atoms with Crippen molar-refractivity contribution < 1.29 is 4.79 Å². The van der Waals surface area contributed by atoms with Gasteiger partial charge in [-0.2, -0.15) is 0 Å². The predicted molar refractivity (Wildman–Crippen MR) is 22.3 cm³/mol. The number of rotatable bonds is 0. The van der Waals surface area contributed by atoms with Crippen molar-refractivity contribution >= 4 is 29.1 Å². The van der Waals surface area contributed by atoms with Crippen LogP contribution in [0.15, 0.2) is 0 Å². The third-order valence-electron chi connectivity index (χ3n) is 0. The van der Waals surface area contributed by atoms with Gasteiger partial charge in [-0.3, -0.25) is 0 Å². The first-order valence-electron chi connectivity index (χ1n) is 0.781. The fraction of sp³-hybridized carbons (Fsp3) is 0. The van der Waals surface area contributed by atoms with Crippen LogP contribution in [0.5, 0.6) is 0 Å². The number of carbonyl (C=O) groups is 1. The molecule has 0 heterocycles. The minimum atomic E-state index is -0.833. The standard InChI is InChI=1S/CH4N2O.Mg.2H/c2-1(3)4;;;/h(H4,2,3,4);;;. The van der Waals surface area contributed by atoms with Gasteiger partial charge in [0.15, 0.2) is 0 Å². The molecule has 0 radical (unpaired) electrons. The number of nitrogens with two attached hydrogens (primary N) is 2. The molecule has 0 unspecified atom stereocenters. The van der Waals surface area contributed by atoms with Gasteiger partial charge in [-0.15, -0.1) is 0 Å². The molecule has 4 heteroatoms. The second kappa shape index (κ2) is 4.04. The van der Waals surface area contributed by atoms with E-state index in [0.717, 1.165) is 0 Å². The van der Waals surface area contributed by atoms with Crippen LogP contribution < -0.4 is 11.5 Å². The van der Waals surface area contributed by atoms with Crippen molar-refractivity contribution in [1.29, 1.82) is 0 Å². The molecule has 0 aromatic carbocycles. The van der Waals surface area contributed by atoms with Gasteiger partial charge in [-0.1, -0.05) is 0 Å². The fourth-order valence-electron chi connectivity index (χ4n) is 0. The molecule has 0 atom stereocenters. The smallest absolute Gasteiger partial charge is 0.316 e. The zero-order valence-corrected chi connectivity index (χ0v) is 2.06. The molecule has 5 heavy (non-hydrogen) atoms. The van der Waals surface area contributed by atoms with Gasteiger partial charge in [0.1, 0.15) is 0 Å². The van der Waals surface area contributed by atoms with Crippen LogP contribution in [0.25, 0.3) is 0 Å². The average molecular weight is 86.4 g/mol. The fourth-order valence-corrected chi connectivity index (χ4v) is 0. The number of amides is 2. The highest BCUT2D eigenvalue weighted by Crippen LogP contribution is 1.25. The van der Waals surface area contributed by atoms with Gasteiger partial charge in [0.25, 0.3) is 0 Å². The SMILES string of the molecule is NC(N)=O.[MgH2]. The minimum absolute atomic E-state index is 0. The van der Waals surface area contributed by atoms with Crippen LogP contribution in [0.3, 0.4) is 0 Å². The summed E-state index contributed by atoms with van der Waals surface area (Å²) in [6, 6.07) is -0.833. The monoisotopic (exact) mass is 86.0 g/mol. The lowest BCUT2D eigenvalue weighted by Crippen LogP contribution is -2.18. The van der Waals surface area contributed by atoms with Gasteiger partial charge >= 0.3 is 29.1 Å². The Morgan fingerprint density at radius 2 is 1.40 bits per heavy atom. The highest BCUT2D eigenvalue weighted by atomic mass is 24.3. The second-order valence-electron chi connectivity index (χ2n) is 0.402. The first kappa shape index (κ1) is 8.90. The molecule has 0 bridgehead atoms.